The Morgan fingerprint density at radius 1 is 1.21 bits per heavy atom. The molecule has 0 bridgehead atoms. The molecular formula is C17H24O2. The number of aryl methyl sites for hydroxylation is 1. The van der Waals surface area contributed by atoms with E-state index in [1.54, 1.807) is 0 Å². The Morgan fingerprint density at radius 3 is 2.47 bits per heavy atom. The molecule has 0 aliphatic rings. The van der Waals surface area contributed by atoms with Crippen LogP contribution in [0.3, 0.4) is 0 Å². The van der Waals surface area contributed by atoms with Gasteiger partial charge in [-0.3, -0.25) is 0 Å². The molecule has 2 nitrogen and oxygen atoms in total. The third kappa shape index (κ3) is 6.80. The van der Waals surface area contributed by atoms with Gasteiger partial charge in [0.1, 0.15) is 0 Å². The highest BCUT2D eigenvalue weighted by molar-refractivity contribution is 5.85. The second-order valence-electron chi connectivity index (χ2n) is 5.28. The van der Waals surface area contributed by atoms with Gasteiger partial charge in [-0.2, -0.15) is 0 Å². The van der Waals surface area contributed by atoms with E-state index in [9.17, 15) is 4.79 Å². The monoisotopic (exact) mass is 260 g/mol. The fourth-order valence-electron chi connectivity index (χ4n) is 2.21. The lowest BCUT2D eigenvalue weighted by atomic mass is 9.95. The lowest BCUT2D eigenvalue weighted by Gasteiger charge is -2.11. The van der Waals surface area contributed by atoms with Crippen LogP contribution in [0.25, 0.3) is 0 Å². The zero-order valence-corrected chi connectivity index (χ0v) is 11.8. The summed E-state index contributed by atoms with van der Waals surface area (Å²) >= 11 is 0. The largest absolute Gasteiger partial charge is 0.478 e. The summed E-state index contributed by atoms with van der Waals surface area (Å²) in [4.78, 5) is 10.6. The Labute approximate surface area is 116 Å². The maximum absolute atomic E-state index is 10.6. The molecule has 19 heavy (non-hydrogen) atoms. The SMILES string of the molecule is C=C(CCCC(C)CCCc1ccccc1)C(=O)O. The molecule has 0 amide bonds. The summed E-state index contributed by atoms with van der Waals surface area (Å²) in [5.41, 5.74) is 1.73. The average molecular weight is 260 g/mol. The van der Waals surface area contributed by atoms with Crippen LogP contribution >= 0.6 is 0 Å². The van der Waals surface area contributed by atoms with Crippen LogP contribution in [0.4, 0.5) is 0 Å². The molecule has 1 aromatic carbocycles. The molecule has 1 N–H and O–H groups in total. The molecule has 1 unspecified atom stereocenters. The third-order valence-electron chi connectivity index (χ3n) is 3.48. The number of rotatable bonds is 9. The van der Waals surface area contributed by atoms with E-state index < -0.39 is 5.97 Å². The van der Waals surface area contributed by atoms with Gasteiger partial charge in [-0.1, -0.05) is 56.7 Å². The molecule has 0 aromatic heterocycles. The second-order valence-corrected chi connectivity index (χ2v) is 5.28. The highest BCUT2D eigenvalue weighted by atomic mass is 16.4. The van der Waals surface area contributed by atoms with Crippen molar-refractivity contribution < 1.29 is 9.90 Å². The summed E-state index contributed by atoms with van der Waals surface area (Å²) in [5.74, 6) is -0.206. The molecule has 0 aliphatic heterocycles. The van der Waals surface area contributed by atoms with Crippen molar-refractivity contribution in [2.24, 2.45) is 5.92 Å². The summed E-state index contributed by atoms with van der Waals surface area (Å²) in [6.45, 7) is 5.80. The van der Waals surface area contributed by atoms with E-state index in [4.69, 9.17) is 5.11 Å². The number of hydrogen-bond donors (Lipinski definition) is 1. The summed E-state index contributed by atoms with van der Waals surface area (Å²) in [6, 6.07) is 10.5. The zero-order valence-electron chi connectivity index (χ0n) is 11.8. The lowest BCUT2D eigenvalue weighted by Crippen LogP contribution is -2.01. The van der Waals surface area contributed by atoms with Crippen LogP contribution in [0.2, 0.25) is 0 Å². The van der Waals surface area contributed by atoms with Gasteiger partial charge in [0.05, 0.1) is 0 Å². The maximum Gasteiger partial charge on any atom is 0.330 e. The number of carboxylic acid groups (broad SMARTS) is 1. The predicted molar refractivity (Wildman–Crippen MR) is 79.2 cm³/mol. The Hall–Kier alpha value is -1.57. The molecule has 0 radical (unpaired) electrons. The minimum atomic E-state index is -0.864. The van der Waals surface area contributed by atoms with Gasteiger partial charge in [0, 0.05) is 5.57 Å². The molecular weight excluding hydrogens is 236 g/mol. The first-order chi connectivity index (χ1) is 9.09. The third-order valence-corrected chi connectivity index (χ3v) is 3.48. The molecule has 2 heteroatoms. The molecule has 1 rings (SSSR count). The number of hydrogen-bond acceptors (Lipinski definition) is 1. The highest BCUT2D eigenvalue weighted by Gasteiger charge is 2.06. The first-order valence-electron chi connectivity index (χ1n) is 7.04. The van der Waals surface area contributed by atoms with Crippen molar-refractivity contribution in [3.8, 4) is 0 Å². The fraction of sp³-hybridized carbons (Fsp3) is 0.471. The van der Waals surface area contributed by atoms with Crippen molar-refractivity contribution in [3.63, 3.8) is 0 Å². The van der Waals surface area contributed by atoms with Crippen molar-refractivity contribution in [1.82, 2.24) is 0 Å². The van der Waals surface area contributed by atoms with Crippen LogP contribution in [-0.2, 0) is 11.2 Å². The van der Waals surface area contributed by atoms with Gasteiger partial charge in [-0.25, -0.2) is 4.79 Å². The molecule has 0 fully saturated rings. The van der Waals surface area contributed by atoms with Crippen LogP contribution in [-0.4, -0.2) is 11.1 Å². The van der Waals surface area contributed by atoms with E-state index in [2.05, 4.69) is 37.8 Å². The number of benzene rings is 1. The Kier molecular flexibility index (Phi) is 6.94. The summed E-state index contributed by atoms with van der Waals surface area (Å²) in [6.07, 6.45) is 6.16. The van der Waals surface area contributed by atoms with Crippen LogP contribution in [0.5, 0.6) is 0 Å². The van der Waals surface area contributed by atoms with Crippen LogP contribution < -0.4 is 0 Å². The maximum atomic E-state index is 10.6. The Bertz CT molecular complexity index is 395. The first kappa shape index (κ1) is 15.5. The van der Waals surface area contributed by atoms with Gasteiger partial charge in [0.25, 0.3) is 0 Å². The summed E-state index contributed by atoms with van der Waals surface area (Å²) in [5, 5.41) is 8.72. The second kappa shape index (κ2) is 8.52. The molecule has 1 atom stereocenters. The number of aliphatic carboxylic acids is 1. The average Bonchev–Trinajstić information content (AvgIpc) is 2.39. The minimum Gasteiger partial charge on any atom is -0.478 e. The topological polar surface area (TPSA) is 37.3 Å². The highest BCUT2D eigenvalue weighted by Crippen LogP contribution is 2.17. The molecule has 0 spiro atoms. The molecule has 1 aromatic rings. The number of carbonyl (C=O) groups is 1. The van der Waals surface area contributed by atoms with Gasteiger partial charge in [0.2, 0.25) is 0 Å². The Morgan fingerprint density at radius 2 is 1.84 bits per heavy atom. The summed E-state index contributed by atoms with van der Waals surface area (Å²) < 4.78 is 0. The van der Waals surface area contributed by atoms with Gasteiger partial charge in [-0.15, -0.1) is 0 Å². The van der Waals surface area contributed by atoms with Crippen LogP contribution in [0.1, 0.15) is 44.6 Å². The van der Waals surface area contributed by atoms with Gasteiger partial charge in [0.15, 0.2) is 0 Å². The van der Waals surface area contributed by atoms with Crippen molar-refractivity contribution in [2.45, 2.75) is 45.4 Å². The van der Waals surface area contributed by atoms with Crippen LogP contribution in [0, 0.1) is 5.92 Å². The van der Waals surface area contributed by atoms with Gasteiger partial charge >= 0.3 is 5.97 Å². The van der Waals surface area contributed by atoms with Crippen molar-refractivity contribution in [2.75, 3.05) is 0 Å². The smallest absolute Gasteiger partial charge is 0.330 e. The first-order valence-corrected chi connectivity index (χ1v) is 7.04. The van der Waals surface area contributed by atoms with E-state index in [0.29, 0.717) is 17.9 Å². The predicted octanol–water partition coefficient (Wildman–Crippen LogP) is 4.46. The van der Waals surface area contributed by atoms with E-state index >= 15 is 0 Å². The lowest BCUT2D eigenvalue weighted by molar-refractivity contribution is -0.132. The van der Waals surface area contributed by atoms with Crippen molar-refractivity contribution in [1.29, 1.82) is 0 Å². The summed E-state index contributed by atoms with van der Waals surface area (Å²) in [7, 11) is 0. The van der Waals surface area contributed by atoms with Crippen molar-refractivity contribution >= 4 is 5.97 Å². The van der Waals surface area contributed by atoms with Crippen LogP contribution in [0.15, 0.2) is 42.5 Å². The number of carboxylic acids is 1. The van der Waals surface area contributed by atoms with E-state index in [-0.39, 0.29) is 0 Å². The van der Waals surface area contributed by atoms with Gasteiger partial charge in [-0.05, 0) is 37.2 Å². The van der Waals surface area contributed by atoms with E-state index in [1.807, 2.05) is 6.07 Å². The Balaban J connectivity index is 2.10. The minimum absolute atomic E-state index is 0.330. The van der Waals surface area contributed by atoms with E-state index in [0.717, 1.165) is 19.3 Å². The normalized spacial score (nSPS) is 12.1. The molecule has 0 heterocycles. The zero-order chi connectivity index (χ0) is 14.1. The molecule has 104 valence electrons. The molecule has 0 aliphatic carbocycles. The van der Waals surface area contributed by atoms with Gasteiger partial charge < -0.3 is 5.11 Å². The van der Waals surface area contributed by atoms with E-state index in [1.165, 1.54) is 18.4 Å². The van der Waals surface area contributed by atoms with Crippen molar-refractivity contribution in [3.05, 3.63) is 48.0 Å². The molecule has 0 saturated carbocycles. The quantitative estimate of drug-likeness (QED) is 0.666. The standard InChI is InChI=1S/C17H24O2/c1-14(8-6-10-15(2)17(18)19)9-7-13-16-11-4-3-5-12-16/h3-5,11-12,14H,2,6-10,13H2,1H3,(H,18,19). The fourth-order valence-corrected chi connectivity index (χ4v) is 2.21. The molecule has 0 saturated heterocycles.